The minimum atomic E-state index is -1.23. The number of carbonyl (C=O) groups excluding carboxylic acids is 1. The van der Waals surface area contributed by atoms with Crippen LogP contribution in [0, 0.1) is 0 Å². The molecule has 0 N–H and O–H groups in total. The minimum Gasteiger partial charge on any atom is -0.467 e. The molecule has 2 bridgehead atoms. The first-order valence-electron chi connectivity index (χ1n) is 12.2. The number of hydrogen-bond acceptors (Lipinski definition) is 7. The summed E-state index contributed by atoms with van der Waals surface area (Å²) in [5.41, 5.74) is 0.700. The Morgan fingerprint density at radius 1 is 1.22 bits per heavy atom. The van der Waals surface area contributed by atoms with Crippen molar-refractivity contribution in [3.8, 4) is 17.0 Å². The Bertz CT molecular complexity index is 1060. The smallest absolute Gasteiger partial charge is 0.410 e. The Morgan fingerprint density at radius 3 is 2.67 bits per heavy atom. The molecule has 0 aliphatic carbocycles. The summed E-state index contributed by atoms with van der Waals surface area (Å²) in [6.07, 6.45) is 1.19. The molecule has 2 saturated heterocycles. The second-order valence-corrected chi connectivity index (χ2v) is 10.8. The van der Waals surface area contributed by atoms with Gasteiger partial charge in [0.1, 0.15) is 17.5 Å². The quantitative estimate of drug-likeness (QED) is 0.466. The Kier molecular flexibility index (Phi) is 7.90. The van der Waals surface area contributed by atoms with Gasteiger partial charge in [0.25, 0.3) is 0 Å². The zero-order valence-corrected chi connectivity index (χ0v) is 22.2. The van der Waals surface area contributed by atoms with Crippen LogP contribution in [-0.4, -0.2) is 72.0 Å². The van der Waals surface area contributed by atoms with Crippen LogP contribution >= 0.6 is 11.6 Å². The molecule has 36 heavy (non-hydrogen) atoms. The first kappa shape index (κ1) is 26.4. The number of alkyl halides is 1. The molecule has 2 fully saturated rings. The number of halogens is 2. The molecule has 1 aromatic heterocycles. The summed E-state index contributed by atoms with van der Waals surface area (Å²) in [5, 5.41) is 9.30. The van der Waals surface area contributed by atoms with Gasteiger partial charge in [0, 0.05) is 30.8 Å². The van der Waals surface area contributed by atoms with Gasteiger partial charge in [-0.2, -0.15) is 0 Å². The monoisotopic (exact) mass is 520 g/mol. The normalized spacial score (nSPS) is 23.8. The number of aromatic nitrogens is 2. The first-order valence-corrected chi connectivity index (χ1v) is 12.6. The summed E-state index contributed by atoms with van der Waals surface area (Å²) < 4.78 is 32.1. The van der Waals surface area contributed by atoms with Gasteiger partial charge in [0.15, 0.2) is 12.6 Å². The van der Waals surface area contributed by atoms with E-state index in [9.17, 15) is 4.79 Å². The van der Waals surface area contributed by atoms with Crippen molar-refractivity contribution in [2.45, 2.75) is 76.4 Å². The lowest BCUT2D eigenvalue weighted by atomic mass is 9.80. The van der Waals surface area contributed by atoms with E-state index in [1.807, 2.05) is 50.9 Å². The van der Waals surface area contributed by atoms with E-state index in [-0.39, 0.29) is 12.8 Å². The third kappa shape index (κ3) is 5.67. The standard InChI is InChI=1S/C26H34ClFN4O4/c1-26(2,3)36-25(33)32-17-7-6-8-20(32)24(28)21(14-17)31(4)23-12-11-19(29-30-23)18-10-9-16(27)13-22(18)35-15-34-5/h9-13,17,20-21,24H,6-8,14-15H2,1-5H3/t17-,20-,21-,24-/m1/s1. The van der Waals surface area contributed by atoms with E-state index in [0.717, 1.165) is 18.4 Å². The van der Waals surface area contributed by atoms with Gasteiger partial charge in [-0.05, 0) is 76.8 Å². The molecule has 1 aromatic carbocycles. The van der Waals surface area contributed by atoms with Crippen LogP contribution in [0.4, 0.5) is 15.0 Å². The van der Waals surface area contributed by atoms with Crippen molar-refractivity contribution < 1.29 is 23.4 Å². The fourth-order valence-electron chi connectivity index (χ4n) is 5.07. The Morgan fingerprint density at radius 2 is 2.00 bits per heavy atom. The largest absolute Gasteiger partial charge is 0.467 e. The molecule has 1 amide bonds. The molecule has 0 unspecified atom stereocenters. The number of rotatable bonds is 6. The van der Waals surface area contributed by atoms with Gasteiger partial charge < -0.3 is 19.1 Å². The molecule has 8 nitrogen and oxygen atoms in total. The van der Waals surface area contributed by atoms with E-state index in [4.69, 9.17) is 25.8 Å². The highest BCUT2D eigenvalue weighted by molar-refractivity contribution is 6.30. The van der Waals surface area contributed by atoms with Gasteiger partial charge in [-0.3, -0.25) is 4.90 Å². The number of benzene rings is 1. The van der Waals surface area contributed by atoms with Crippen molar-refractivity contribution in [2.75, 3.05) is 25.9 Å². The maximum Gasteiger partial charge on any atom is 0.410 e. The van der Waals surface area contributed by atoms with E-state index in [2.05, 4.69) is 10.2 Å². The van der Waals surface area contributed by atoms with Crippen LogP contribution in [-0.2, 0) is 9.47 Å². The highest BCUT2D eigenvalue weighted by atomic mass is 35.5. The molecule has 3 heterocycles. The summed E-state index contributed by atoms with van der Waals surface area (Å²) in [6.45, 7) is 5.55. The lowest BCUT2D eigenvalue weighted by Gasteiger charge is -2.52. The molecule has 4 atom stereocenters. The second kappa shape index (κ2) is 10.8. The van der Waals surface area contributed by atoms with Gasteiger partial charge in [-0.15, -0.1) is 10.2 Å². The number of nitrogens with zero attached hydrogens (tertiary/aromatic N) is 4. The zero-order valence-electron chi connectivity index (χ0n) is 21.4. The molecule has 196 valence electrons. The van der Waals surface area contributed by atoms with Crippen molar-refractivity contribution in [1.82, 2.24) is 15.1 Å². The number of fused-ring (bicyclic) bond motifs is 2. The van der Waals surface area contributed by atoms with E-state index in [1.165, 1.54) is 0 Å². The summed E-state index contributed by atoms with van der Waals surface area (Å²) in [4.78, 5) is 16.4. The molecular formula is C26H34ClFN4O4. The number of ether oxygens (including phenoxy) is 3. The maximum absolute atomic E-state index is 15.9. The number of anilines is 1. The van der Waals surface area contributed by atoms with Gasteiger partial charge >= 0.3 is 6.09 Å². The minimum absolute atomic E-state index is 0.0696. The predicted molar refractivity (Wildman–Crippen MR) is 136 cm³/mol. The van der Waals surface area contributed by atoms with E-state index >= 15 is 4.39 Å². The van der Waals surface area contributed by atoms with E-state index < -0.39 is 29.9 Å². The van der Waals surface area contributed by atoms with Crippen LogP contribution in [0.3, 0.4) is 0 Å². The van der Waals surface area contributed by atoms with Crippen molar-refractivity contribution in [3.05, 3.63) is 35.4 Å². The van der Waals surface area contributed by atoms with Crippen LogP contribution in [0.2, 0.25) is 5.02 Å². The Labute approximate surface area is 216 Å². The SMILES string of the molecule is COCOc1cc(Cl)ccc1-c1ccc(N(C)[C@@H]2C[C@H]3CCC[C@H]([C@H]2F)N3C(=O)OC(C)(C)C)nn1. The predicted octanol–water partition coefficient (Wildman–Crippen LogP) is 5.48. The molecule has 10 heteroatoms. The lowest BCUT2D eigenvalue weighted by Crippen LogP contribution is -2.65. The lowest BCUT2D eigenvalue weighted by molar-refractivity contribution is -0.0467. The average molecular weight is 521 g/mol. The van der Waals surface area contributed by atoms with Crippen LogP contribution < -0.4 is 9.64 Å². The molecule has 4 rings (SSSR count). The Hall–Kier alpha value is -2.65. The van der Waals surface area contributed by atoms with Crippen molar-refractivity contribution in [2.24, 2.45) is 0 Å². The third-order valence-corrected chi connectivity index (χ3v) is 6.94. The fraction of sp³-hybridized carbons (Fsp3) is 0.577. The summed E-state index contributed by atoms with van der Waals surface area (Å²) in [7, 11) is 3.37. The topological polar surface area (TPSA) is 77.0 Å². The zero-order chi connectivity index (χ0) is 26.0. The average Bonchev–Trinajstić information content (AvgIpc) is 2.83. The van der Waals surface area contributed by atoms with Crippen LogP contribution in [0.15, 0.2) is 30.3 Å². The van der Waals surface area contributed by atoms with Gasteiger partial charge in [-0.1, -0.05) is 11.6 Å². The number of methoxy groups -OCH3 is 1. The molecule has 2 aliphatic heterocycles. The number of hydrogen-bond donors (Lipinski definition) is 0. The molecule has 0 saturated carbocycles. The summed E-state index contributed by atoms with van der Waals surface area (Å²) in [6, 6.07) is 7.90. The van der Waals surface area contributed by atoms with Crippen LogP contribution in [0.25, 0.3) is 11.3 Å². The van der Waals surface area contributed by atoms with Crippen molar-refractivity contribution in [3.63, 3.8) is 0 Å². The summed E-state index contributed by atoms with van der Waals surface area (Å²) >= 11 is 6.12. The number of amides is 1. The van der Waals surface area contributed by atoms with Gasteiger partial charge in [-0.25, -0.2) is 9.18 Å². The highest BCUT2D eigenvalue weighted by Crippen LogP contribution is 2.39. The molecule has 0 radical (unpaired) electrons. The van der Waals surface area contributed by atoms with Crippen LogP contribution in [0.1, 0.15) is 46.5 Å². The fourth-order valence-corrected chi connectivity index (χ4v) is 5.23. The second-order valence-electron chi connectivity index (χ2n) is 10.4. The van der Waals surface area contributed by atoms with Crippen LogP contribution in [0.5, 0.6) is 5.75 Å². The van der Waals surface area contributed by atoms with Crippen molar-refractivity contribution >= 4 is 23.5 Å². The first-order chi connectivity index (χ1) is 17.1. The third-order valence-electron chi connectivity index (χ3n) is 6.70. The Balaban J connectivity index is 1.52. The molecular weight excluding hydrogens is 487 g/mol. The van der Waals surface area contributed by atoms with E-state index in [0.29, 0.717) is 35.1 Å². The van der Waals surface area contributed by atoms with Crippen molar-refractivity contribution in [1.29, 1.82) is 0 Å². The number of carbonyl (C=O) groups is 1. The van der Waals surface area contributed by atoms with Gasteiger partial charge in [0.05, 0.1) is 17.8 Å². The molecule has 0 spiro atoms. The van der Waals surface area contributed by atoms with Gasteiger partial charge in [0.2, 0.25) is 0 Å². The maximum atomic E-state index is 15.9. The number of piperidine rings is 2. The molecule has 2 aliphatic rings. The summed E-state index contributed by atoms with van der Waals surface area (Å²) in [5.74, 6) is 1.09. The highest BCUT2D eigenvalue weighted by Gasteiger charge is 2.50. The van der Waals surface area contributed by atoms with E-state index in [1.54, 1.807) is 24.1 Å². The molecule has 2 aromatic rings.